The van der Waals surface area contributed by atoms with Crippen molar-refractivity contribution in [2.45, 2.75) is 12.7 Å². The number of halogens is 5. The highest BCUT2D eigenvalue weighted by Gasteiger charge is 2.30. The van der Waals surface area contributed by atoms with Gasteiger partial charge in [0.05, 0.1) is 6.54 Å². The predicted molar refractivity (Wildman–Crippen MR) is 74.4 cm³/mol. The third-order valence-corrected chi connectivity index (χ3v) is 3.46. The molecular weight excluding hydrogens is 344 g/mol. The Bertz CT molecular complexity index is 412. The molecule has 0 atom stereocenters. The molecule has 0 aliphatic carbocycles. The number of nitrogens with one attached hydrogen (secondary N) is 1. The van der Waals surface area contributed by atoms with Gasteiger partial charge in [0.2, 0.25) is 0 Å². The molecule has 0 amide bonds. The topological polar surface area (TPSA) is 15.3 Å². The third-order valence-electron chi connectivity index (χ3n) is 2.49. The van der Waals surface area contributed by atoms with E-state index in [9.17, 15) is 13.2 Å². The maximum Gasteiger partial charge on any atom is 0.401 e. The highest BCUT2D eigenvalue weighted by molar-refractivity contribution is 9.10. The molecule has 0 radical (unpaired) electrons. The Morgan fingerprint density at radius 2 is 2.05 bits per heavy atom. The monoisotopic (exact) mass is 358 g/mol. The molecule has 0 heterocycles. The van der Waals surface area contributed by atoms with Crippen molar-refractivity contribution >= 4 is 27.5 Å². The van der Waals surface area contributed by atoms with Crippen molar-refractivity contribution in [1.29, 1.82) is 0 Å². The molecule has 0 spiro atoms. The molecular formula is C12H15BrClF3N2. The zero-order valence-corrected chi connectivity index (χ0v) is 12.7. The van der Waals surface area contributed by atoms with E-state index in [1.165, 1.54) is 4.90 Å². The van der Waals surface area contributed by atoms with E-state index in [1.54, 1.807) is 25.2 Å². The SMILES string of the molecule is CNCCN(Cc1ccc(Cl)cc1Br)CC(F)(F)F. The highest BCUT2D eigenvalue weighted by atomic mass is 79.9. The van der Waals surface area contributed by atoms with Crippen LogP contribution in [0.3, 0.4) is 0 Å². The molecule has 0 bridgehead atoms. The average Bonchev–Trinajstić information content (AvgIpc) is 2.27. The Kier molecular flexibility index (Phi) is 6.59. The van der Waals surface area contributed by atoms with Gasteiger partial charge in [-0.3, -0.25) is 4.90 Å². The van der Waals surface area contributed by atoms with Crippen LogP contribution in [0, 0.1) is 0 Å². The van der Waals surface area contributed by atoms with Crippen molar-refractivity contribution in [3.05, 3.63) is 33.3 Å². The molecule has 0 aliphatic heterocycles. The number of alkyl halides is 3. The summed E-state index contributed by atoms with van der Waals surface area (Å²) in [5.41, 5.74) is 0.782. The number of rotatable bonds is 6. The van der Waals surface area contributed by atoms with Gasteiger partial charge in [0.1, 0.15) is 0 Å². The van der Waals surface area contributed by atoms with Crippen LogP contribution >= 0.6 is 27.5 Å². The first kappa shape index (κ1) is 16.8. The van der Waals surface area contributed by atoms with Crippen molar-refractivity contribution in [1.82, 2.24) is 10.2 Å². The summed E-state index contributed by atoms with van der Waals surface area (Å²) in [5, 5.41) is 3.40. The molecule has 0 aliphatic rings. The highest BCUT2D eigenvalue weighted by Crippen LogP contribution is 2.24. The van der Waals surface area contributed by atoms with Crippen LogP contribution in [0.15, 0.2) is 22.7 Å². The fourth-order valence-corrected chi connectivity index (χ4v) is 2.44. The van der Waals surface area contributed by atoms with Gasteiger partial charge in [-0.15, -0.1) is 0 Å². The first-order chi connectivity index (χ1) is 8.81. The molecule has 0 aromatic heterocycles. The summed E-state index contributed by atoms with van der Waals surface area (Å²) < 4.78 is 38.2. The summed E-state index contributed by atoms with van der Waals surface area (Å²) in [6, 6.07) is 5.08. The van der Waals surface area contributed by atoms with E-state index < -0.39 is 12.7 Å². The molecule has 0 unspecified atom stereocenters. The minimum Gasteiger partial charge on any atom is -0.318 e. The van der Waals surface area contributed by atoms with Crippen molar-refractivity contribution in [2.75, 3.05) is 26.7 Å². The van der Waals surface area contributed by atoms with Crippen molar-refractivity contribution in [3.63, 3.8) is 0 Å². The second-order valence-corrected chi connectivity index (χ2v) is 5.46. The zero-order chi connectivity index (χ0) is 14.5. The van der Waals surface area contributed by atoms with Crippen molar-refractivity contribution in [3.8, 4) is 0 Å². The number of likely N-dealkylation sites (N-methyl/N-ethyl adjacent to an activating group) is 1. The Labute approximate surface area is 124 Å². The third kappa shape index (κ3) is 6.61. The van der Waals surface area contributed by atoms with Crippen molar-refractivity contribution in [2.24, 2.45) is 0 Å². The molecule has 7 heteroatoms. The molecule has 0 fully saturated rings. The van der Waals surface area contributed by atoms with Gasteiger partial charge in [-0.05, 0) is 24.7 Å². The van der Waals surface area contributed by atoms with Gasteiger partial charge in [-0.25, -0.2) is 0 Å². The van der Waals surface area contributed by atoms with Crippen molar-refractivity contribution < 1.29 is 13.2 Å². The van der Waals surface area contributed by atoms with Crippen LogP contribution < -0.4 is 5.32 Å². The second-order valence-electron chi connectivity index (χ2n) is 4.17. The van der Waals surface area contributed by atoms with Crippen LogP contribution in [0.1, 0.15) is 5.56 Å². The molecule has 108 valence electrons. The smallest absolute Gasteiger partial charge is 0.318 e. The van der Waals surface area contributed by atoms with Gasteiger partial charge in [0.25, 0.3) is 0 Å². The summed E-state index contributed by atoms with van der Waals surface area (Å²) in [5.74, 6) is 0. The van der Waals surface area contributed by atoms with Gasteiger partial charge in [0.15, 0.2) is 0 Å². The Morgan fingerprint density at radius 3 is 2.58 bits per heavy atom. The van der Waals surface area contributed by atoms with Crippen LogP contribution in [0.5, 0.6) is 0 Å². The number of hydrogen-bond acceptors (Lipinski definition) is 2. The van der Waals surface area contributed by atoms with Crippen LogP contribution in [-0.4, -0.2) is 37.8 Å². The maximum atomic E-state index is 12.5. The summed E-state index contributed by atoms with van der Waals surface area (Å²) in [6.45, 7) is 0.120. The molecule has 0 saturated carbocycles. The Hall–Kier alpha value is -0.300. The standard InChI is InChI=1S/C12H15BrClF3N2/c1-18-4-5-19(8-12(15,16)17)7-9-2-3-10(14)6-11(9)13/h2-3,6,18H,4-5,7-8H2,1H3. The van der Waals surface area contributed by atoms with E-state index in [-0.39, 0.29) is 6.54 Å². The quantitative estimate of drug-likeness (QED) is 0.833. The lowest BCUT2D eigenvalue weighted by Gasteiger charge is -2.24. The Morgan fingerprint density at radius 1 is 1.37 bits per heavy atom. The molecule has 2 nitrogen and oxygen atoms in total. The van der Waals surface area contributed by atoms with Crippen LogP contribution in [0.25, 0.3) is 0 Å². The van der Waals surface area contributed by atoms with E-state index in [2.05, 4.69) is 21.2 Å². The lowest BCUT2D eigenvalue weighted by atomic mass is 10.2. The van der Waals surface area contributed by atoms with E-state index in [1.807, 2.05) is 0 Å². The molecule has 1 aromatic carbocycles. The molecule has 1 rings (SSSR count). The summed E-state index contributed by atoms with van der Waals surface area (Å²) >= 11 is 9.13. The fraction of sp³-hybridized carbons (Fsp3) is 0.500. The summed E-state index contributed by atoms with van der Waals surface area (Å²) in [4.78, 5) is 1.35. The minimum atomic E-state index is -4.20. The van der Waals surface area contributed by atoms with E-state index in [4.69, 9.17) is 11.6 Å². The zero-order valence-electron chi connectivity index (χ0n) is 10.4. The number of benzene rings is 1. The van der Waals surface area contributed by atoms with E-state index >= 15 is 0 Å². The predicted octanol–water partition coefficient (Wildman–Crippen LogP) is 3.69. The average molecular weight is 360 g/mol. The number of nitrogens with zero attached hydrogens (tertiary/aromatic N) is 1. The summed E-state index contributed by atoms with van der Waals surface area (Å²) in [7, 11) is 1.71. The first-order valence-electron chi connectivity index (χ1n) is 5.69. The molecule has 19 heavy (non-hydrogen) atoms. The Balaban J connectivity index is 2.75. The lowest BCUT2D eigenvalue weighted by Crippen LogP contribution is -2.37. The maximum absolute atomic E-state index is 12.5. The second kappa shape index (κ2) is 7.47. The van der Waals surface area contributed by atoms with Crippen LogP contribution in [0.4, 0.5) is 13.2 Å². The van der Waals surface area contributed by atoms with Gasteiger partial charge in [0, 0.05) is 29.1 Å². The van der Waals surface area contributed by atoms with E-state index in [0.29, 0.717) is 18.1 Å². The summed E-state index contributed by atoms with van der Waals surface area (Å²) in [6.07, 6.45) is -4.20. The fourth-order valence-electron chi connectivity index (χ4n) is 1.63. The van der Waals surface area contributed by atoms with E-state index in [0.717, 1.165) is 10.0 Å². The van der Waals surface area contributed by atoms with Gasteiger partial charge < -0.3 is 5.32 Å². The lowest BCUT2D eigenvalue weighted by molar-refractivity contribution is -0.146. The first-order valence-corrected chi connectivity index (χ1v) is 6.86. The molecule has 0 saturated heterocycles. The molecule has 1 aromatic rings. The largest absolute Gasteiger partial charge is 0.401 e. The minimum absolute atomic E-state index is 0.221. The van der Waals surface area contributed by atoms with Gasteiger partial charge >= 0.3 is 6.18 Å². The van der Waals surface area contributed by atoms with Crippen LogP contribution in [0.2, 0.25) is 5.02 Å². The number of hydrogen-bond donors (Lipinski definition) is 1. The van der Waals surface area contributed by atoms with Gasteiger partial charge in [-0.2, -0.15) is 13.2 Å². The normalized spacial score (nSPS) is 12.2. The van der Waals surface area contributed by atoms with Crippen LogP contribution in [-0.2, 0) is 6.54 Å². The van der Waals surface area contributed by atoms with Gasteiger partial charge in [-0.1, -0.05) is 33.6 Å². The molecule has 1 N–H and O–H groups in total.